The summed E-state index contributed by atoms with van der Waals surface area (Å²) in [4.78, 5) is 12.8. The number of thiophene rings is 1. The van der Waals surface area contributed by atoms with Gasteiger partial charge in [-0.05, 0) is 35.7 Å². The van der Waals surface area contributed by atoms with E-state index in [2.05, 4.69) is 10.0 Å². The average Bonchev–Trinajstić information content (AvgIpc) is 3.05. The Morgan fingerprint density at radius 2 is 1.60 bits per heavy atom. The normalized spacial score (nSPS) is 11.1. The first-order valence-corrected chi connectivity index (χ1v) is 9.93. The molecule has 0 radical (unpaired) electrons. The van der Waals surface area contributed by atoms with Crippen LogP contribution in [0.5, 0.6) is 0 Å². The summed E-state index contributed by atoms with van der Waals surface area (Å²) in [6.07, 6.45) is 0. The van der Waals surface area contributed by atoms with E-state index in [9.17, 15) is 13.2 Å². The first-order valence-electron chi connectivity index (χ1n) is 7.18. The molecular weight excluding hydrogens is 380 g/mol. The third kappa shape index (κ3) is 4.01. The van der Waals surface area contributed by atoms with Crippen LogP contribution in [0.2, 0.25) is 5.02 Å². The van der Waals surface area contributed by atoms with E-state index in [1.807, 2.05) is 0 Å². The van der Waals surface area contributed by atoms with Crippen molar-refractivity contribution in [3.05, 3.63) is 75.9 Å². The van der Waals surface area contributed by atoms with Crippen molar-refractivity contribution in [3.8, 4) is 0 Å². The fourth-order valence-electron chi connectivity index (χ4n) is 2.11. The third-order valence-corrected chi connectivity index (χ3v) is 5.92. The number of carbonyl (C=O) groups excluding carboxylic acids is 1. The number of carbonyl (C=O) groups is 1. The average molecular weight is 393 g/mol. The second-order valence-electron chi connectivity index (χ2n) is 5.02. The van der Waals surface area contributed by atoms with E-state index in [1.165, 1.54) is 12.1 Å². The minimum absolute atomic E-state index is 0.124. The van der Waals surface area contributed by atoms with Crippen LogP contribution in [0.4, 0.5) is 11.4 Å². The van der Waals surface area contributed by atoms with Crippen LogP contribution in [0.25, 0.3) is 0 Å². The minimum Gasteiger partial charge on any atom is -0.320 e. The van der Waals surface area contributed by atoms with Gasteiger partial charge in [0.05, 0.1) is 21.3 Å². The molecule has 128 valence electrons. The second kappa shape index (κ2) is 7.26. The maximum Gasteiger partial charge on any atom is 0.267 e. The molecule has 0 saturated carbocycles. The molecule has 0 aliphatic heterocycles. The molecule has 1 aromatic heterocycles. The summed E-state index contributed by atoms with van der Waals surface area (Å²) in [6.45, 7) is 0. The maximum atomic E-state index is 12.5. The highest BCUT2D eigenvalue weighted by molar-refractivity contribution is 7.92. The third-order valence-electron chi connectivity index (χ3n) is 3.29. The van der Waals surface area contributed by atoms with E-state index >= 15 is 0 Å². The van der Waals surface area contributed by atoms with Gasteiger partial charge in [0, 0.05) is 0 Å². The molecule has 0 spiro atoms. The van der Waals surface area contributed by atoms with Crippen LogP contribution in [0.15, 0.2) is 70.9 Å². The predicted octanol–water partition coefficient (Wildman–Crippen LogP) is 4.45. The Hall–Kier alpha value is -2.35. The van der Waals surface area contributed by atoms with Crippen LogP contribution >= 0.6 is 22.9 Å². The number of halogens is 1. The quantitative estimate of drug-likeness (QED) is 0.673. The lowest BCUT2D eigenvalue weighted by atomic mass is 10.3. The molecule has 0 fully saturated rings. The van der Waals surface area contributed by atoms with Gasteiger partial charge in [0.25, 0.3) is 15.9 Å². The van der Waals surface area contributed by atoms with E-state index < -0.39 is 15.9 Å². The van der Waals surface area contributed by atoms with Gasteiger partial charge in [0.2, 0.25) is 0 Å². The van der Waals surface area contributed by atoms with Crippen molar-refractivity contribution in [2.75, 3.05) is 10.0 Å². The molecule has 1 amide bonds. The smallest absolute Gasteiger partial charge is 0.267 e. The van der Waals surface area contributed by atoms with Crippen molar-refractivity contribution in [1.29, 1.82) is 0 Å². The topological polar surface area (TPSA) is 75.3 Å². The first-order chi connectivity index (χ1) is 12.0. The minimum atomic E-state index is -3.77. The summed E-state index contributed by atoms with van der Waals surface area (Å²) < 4.78 is 27.3. The van der Waals surface area contributed by atoms with Gasteiger partial charge in [0.1, 0.15) is 4.88 Å². The molecule has 0 aliphatic rings. The van der Waals surface area contributed by atoms with Gasteiger partial charge < -0.3 is 5.32 Å². The fourth-order valence-corrected chi connectivity index (χ4v) is 4.20. The van der Waals surface area contributed by atoms with Crippen molar-refractivity contribution in [2.24, 2.45) is 0 Å². The van der Waals surface area contributed by atoms with Crippen molar-refractivity contribution in [1.82, 2.24) is 0 Å². The lowest BCUT2D eigenvalue weighted by Crippen LogP contribution is -2.17. The lowest BCUT2D eigenvalue weighted by molar-refractivity contribution is 0.103. The van der Waals surface area contributed by atoms with Crippen LogP contribution < -0.4 is 10.0 Å². The van der Waals surface area contributed by atoms with Crippen LogP contribution in [-0.2, 0) is 10.0 Å². The van der Waals surface area contributed by atoms with Crippen LogP contribution in [0.1, 0.15) is 9.67 Å². The molecule has 0 atom stereocenters. The number of hydrogen-bond donors (Lipinski definition) is 2. The zero-order chi connectivity index (χ0) is 17.9. The number of rotatable bonds is 5. The molecular formula is C17H13ClN2O3S2. The zero-order valence-electron chi connectivity index (χ0n) is 12.8. The maximum absolute atomic E-state index is 12.5. The molecule has 5 nitrogen and oxygen atoms in total. The Balaban J connectivity index is 1.83. The van der Waals surface area contributed by atoms with Gasteiger partial charge in [-0.1, -0.05) is 41.9 Å². The molecule has 0 saturated heterocycles. The number of sulfonamides is 1. The predicted molar refractivity (Wildman–Crippen MR) is 101 cm³/mol. The van der Waals surface area contributed by atoms with Crippen LogP contribution in [-0.4, -0.2) is 14.3 Å². The Bertz CT molecular complexity index is 1000. The van der Waals surface area contributed by atoms with Crippen molar-refractivity contribution in [2.45, 2.75) is 4.90 Å². The summed E-state index contributed by atoms with van der Waals surface area (Å²) in [5.74, 6) is -0.436. The molecule has 2 N–H and O–H groups in total. The number of benzene rings is 2. The monoisotopic (exact) mass is 392 g/mol. The highest BCUT2D eigenvalue weighted by Crippen LogP contribution is 2.28. The summed E-state index contributed by atoms with van der Waals surface area (Å²) in [5, 5.41) is 4.73. The van der Waals surface area contributed by atoms with Crippen molar-refractivity contribution in [3.63, 3.8) is 0 Å². The van der Waals surface area contributed by atoms with E-state index in [0.717, 1.165) is 11.3 Å². The SMILES string of the molecule is O=C(Nc1ccccc1Cl)c1sccc1NS(=O)(=O)c1ccccc1. The fraction of sp³-hybridized carbons (Fsp3) is 0. The molecule has 3 aromatic rings. The molecule has 0 aliphatic carbocycles. The highest BCUT2D eigenvalue weighted by Gasteiger charge is 2.20. The van der Waals surface area contributed by atoms with Crippen molar-refractivity contribution < 1.29 is 13.2 Å². The van der Waals surface area contributed by atoms with Gasteiger partial charge >= 0.3 is 0 Å². The van der Waals surface area contributed by atoms with Gasteiger partial charge in [-0.25, -0.2) is 8.42 Å². The van der Waals surface area contributed by atoms with E-state index in [0.29, 0.717) is 10.7 Å². The highest BCUT2D eigenvalue weighted by atomic mass is 35.5. The molecule has 8 heteroatoms. The Morgan fingerprint density at radius 1 is 0.920 bits per heavy atom. The Labute approximate surface area is 154 Å². The number of amides is 1. The van der Waals surface area contributed by atoms with Gasteiger partial charge in [0.15, 0.2) is 0 Å². The van der Waals surface area contributed by atoms with Crippen LogP contribution in [0.3, 0.4) is 0 Å². The summed E-state index contributed by atoms with van der Waals surface area (Å²) >= 11 is 7.17. The van der Waals surface area contributed by atoms with Gasteiger partial charge in [-0.2, -0.15) is 0 Å². The van der Waals surface area contributed by atoms with E-state index in [-0.39, 0.29) is 15.5 Å². The number of hydrogen-bond acceptors (Lipinski definition) is 4. The largest absolute Gasteiger partial charge is 0.320 e. The van der Waals surface area contributed by atoms with Gasteiger partial charge in [-0.15, -0.1) is 11.3 Å². The van der Waals surface area contributed by atoms with Crippen LogP contribution in [0, 0.1) is 0 Å². The zero-order valence-corrected chi connectivity index (χ0v) is 15.2. The number of para-hydroxylation sites is 1. The molecule has 1 heterocycles. The number of nitrogens with one attached hydrogen (secondary N) is 2. The molecule has 0 unspecified atom stereocenters. The van der Waals surface area contributed by atoms with Gasteiger partial charge in [-0.3, -0.25) is 9.52 Å². The number of anilines is 2. The molecule has 3 rings (SSSR count). The Morgan fingerprint density at radius 3 is 2.32 bits per heavy atom. The summed E-state index contributed by atoms with van der Waals surface area (Å²) in [7, 11) is -3.77. The second-order valence-corrected chi connectivity index (χ2v) is 8.02. The molecule has 25 heavy (non-hydrogen) atoms. The lowest BCUT2D eigenvalue weighted by Gasteiger charge is -2.10. The molecule has 2 aromatic carbocycles. The first kappa shape index (κ1) is 17.5. The standard InChI is InChI=1S/C17H13ClN2O3S2/c18-13-8-4-5-9-14(13)19-17(21)16-15(10-11-24-16)20-25(22,23)12-6-2-1-3-7-12/h1-11,20H,(H,19,21). The Kier molecular flexibility index (Phi) is 5.08. The molecule has 0 bridgehead atoms. The van der Waals surface area contributed by atoms with E-state index in [1.54, 1.807) is 53.9 Å². The van der Waals surface area contributed by atoms with E-state index in [4.69, 9.17) is 11.6 Å². The summed E-state index contributed by atoms with van der Waals surface area (Å²) in [5.41, 5.74) is 0.679. The summed E-state index contributed by atoms with van der Waals surface area (Å²) in [6, 6.07) is 16.3. The van der Waals surface area contributed by atoms with Crippen molar-refractivity contribution >= 4 is 50.2 Å².